The van der Waals surface area contributed by atoms with Gasteiger partial charge in [-0.15, -0.1) is 0 Å². The number of pyridine rings is 1. The van der Waals surface area contributed by atoms with Gasteiger partial charge in [-0.3, -0.25) is 0 Å². The van der Waals surface area contributed by atoms with Crippen LogP contribution in [-0.2, 0) is 0 Å². The van der Waals surface area contributed by atoms with Crippen LogP contribution in [0.2, 0.25) is 5.02 Å². The Kier molecular flexibility index (Phi) is 3.46. The molecule has 2 N–H and O–H groups in total. The van der Waals surface area contributed by atoms with Crippen molar-refractivity contribution in [1.29, 1.82) is 0 Å². The van der Waals surface area contributed by atoms with E-state index in [0.29, 0.717) is 10.8 Å². The molecule has 0 radical (unpaired) electrons. The number of rotatable bonds is 3. The summed E-state index contributed by atoms with van der Waals surface area (Å²) in [5.41, 5.74) is 0. The Labute approximate surface area is 107 Å². The molecule has 0 saturated carbocycles. The van der Waals surface area contributed by atoms with Crippen LogP contribution in [0.1, 0.15) is 18.8 Å². The summed E-state index contributed by atoms with van der Waals surface area (Å²) >= 11 is 9.36. The van der Waals surface area contributed by atoms with Crippen LogP contribution in [0.5, 0.6) is 0 Å². The quantitative estimate of drug-likeness (QED) is 0.913. The van der Waals surface area contributed by atoms with Gasteiger partial charge in [0.25, 0.3) is 0 Å². The fourth-order valence-corrected chi connectivity index (χ4v) is 1.99. The highest BCUT2D eigenvalue weighted by Gasteiger charge is 2.10. The zero-order chi connectivity index (χ0) is 11.5. The van der Waals surface area contributed by atoms with E-state index >= 15 is 0 Å². The number of nitrogens with zero attached hydrogens (tertiary/aromatic N) is 2. The van der Waals surface area contributed by atoms with Gasteiger partial charge >= 0.3 is 0 Å². The largest absolute Gasteiger partial charge is 0.359 e. The van der Waals surface area contributed by atoms with E-state index in [-0.39, 0.29) is 6.04 Å². The minimum absolute atomic E-state index is 0.0289. The minimum atomic E-state index is 0.0289. The van der Waals surface area contributed by atoms with Crippen molar-refractivity contribution >= 4 is 33.3 Å². The molecule has 16 heavy (non-hydrogen) atoms. The number of H-pyrrole nitrogens is 1. The molecule has 0 saturated heterocycles. The highest BCUT2D eigenvalue weighted by Crippen LogP contribution is 2.25. The summed E-state index contributed by atoms with van der Waals surface area (Å²) in [5.74, 6) is 1.49. The molecule has 0 bridgehead atoms. The maximum absolute atomic E-state index is 6.05. The van der Waals surface area contributed by atoms with Gasteiger partial charge in [-0.2, -0.15) is 0 Å². The second-order valence-corrected chi connectivity index (χ2v) is 4.65. The lowest BCUT2D eigenvalue weighted by molar-refractivity contribution is 0.804. The van der Waals surface area contributed by atoms with E-state index < -0.39 is 0 Å². The third-order valence-corrected chi connectivity index (χ3v) is 2.81. The fraction of sp³-hybridized carbons (Fsp3) is 0.200. The third kappa shape index (κ3) is 2.54. The smallest absolute Gasteiger partial charge is 0.145 e. The van der Waals surface area contributed by atoms with E-state index in [1.165, 1.54) is 0 Å². The first-order chi connectivity index (χ1) is 7.66. The van der Waals surface area contributed by atoms with Gasteiger partial charge in [-0.1, -0.05) is 11.6 Å². The zero-order valence-electron chi connectivity index (χ0n) is 8.54. The van der Waals surface area contributed by atoms with E-state index in [0.717, 1.165) is 10.3 Å². The second-order valence-electron chi connectivity index (χ2n) is 3.32. The van der Waals surface area contributed by atoms with E-state index in [9.17, 15) is 0 Å². The summed E-state index contributed by atoms with van der Waals surface area (Å²) in [7, 11) is 0. The van der Waals surface area contributed by atoms with E-state index in [1.54, 1.807) is 24.7 Å². The molecule has 0 aromatic carbocycles. The van der Waals surface area contributed by atoms with Crippen molar-refractivity contribution in [3.63, 3.8) is 0 Å². The molecule has 1 atom stereocenters. The lowest BCUT2D eigenvalue weighted by Gasteiger charge is -2.13. The van der Waals surface area contributed by atoms with Crippen LogP contribution in [0.4, 0.5) is 5.82 Å². The SMILES string of the molecule is CC(Nc1ncc(Br)cc1Cl)c1ncc[nH]1. The topological polar surface area (TPSA) is 53.6 Å². The fourth-order valence-electron chi connectivity index (χ4n) is 1.31. The van der Waals surface area contributed by atoms with Gasteiger partial charge in [0.05, 0.1) is 11.1 Å². The lowest BCUT2D eigenvalue weighted by Crippen LogP contribution is -2.09. The third-order valence-electron chi connectivity index (χ3n) is 2.09. The average Bonchev–Trinajstić information content (AvgIpc) is 2.75. The molecule has 2 heterocycles. The Bertz CT molecular complexity index is 472. The number of imidazole rings is 1. The van der Waals surface area contributed by atoms with Crippen molar-refractivity contribution < 1.29 is 0 Å². The molecule has 84 valence electrons. The van der Waals surface area contributed by atoms with Crippen LogP contribution in [0.25, 0.3) is 0 Å². The van der Waals surface area contributed by atoms with Crippen LogP contribution in [-0.4, -0.2) is 15.0 Å². The number of halogens is 2. The number of nitrogens with one attached hydrogen (secondary N) is 2. The highest BCUT2D eigenvalue weighted by molar-refractivity contribution is 9.10. The molecule has 6 heteroatoms. The summed E-state index contributed by atoms with van der Waals surface area (Å²) in [6, 6.07) is 1.83. The zero-order valence-corrected chi connectivity index (χ0v) is 10.9. The molecule has 0 aliphatic carbocycles. The Hall–Kier alpha value is -1.07. The Morgan fingerprint density at radius 3 is 2.94 bits per heavy atom. The number of aromatic amines is 1. The molecule has 2 rings (SSSR count). The van der Waals surface area contributed by atoms with Crippen molar-refractivity contribution in [2.24, 2.45) is 0 Å². The van der Waals surface area contributed by atoms with Gasteiger partial charge < -0.3 is 10.3 Å². The van der Waals surface area contributed by atoms with Crippen LogP contribution in [0, 0.1) is 0 Å². The number of aromatic nitrogens is 3. The van der Waals surface area contributed by atoms with Gasteiger partial charge in [0.15, 0.2) is 0 Å². The second kappa shape index (κ2) is 4.84. The standard InChI is InChI=1S/C10H10BrClN4/c1-6(9-13-2-3-14-9)16-10-8(12)4-7(11)5-15-10/h2-6H,1H3,(H,13,14)(H,15,16). The number of hydrogen-bond acceptors (Lipinski definition) is 3. The van der Waals surface area contributed by atoms with E-state index in [4.69, 9.17) is 11.6 Å². The monoisotopic (exact) mass is 300 g/mol. The molecule has 2 aromatic heterocycles. The van der Waals surface area contributed by atoms with Gasteiger partial charge in [0.1, 0.15) is 11.6 Å². The molecule has 0 spiro atoms. The lowest BCUT2D eigenvalue weighted by atomic mass is 10.3. The molecule has 0 amide bonds. The molecule has 0 aliphatic heterocycles. The molecule has 0 fully saturated rings. The minimum Gasteiger partial charge on any atom is -0.359 e. The number of anilines is 1. The van der Waals surface area contributed by atoms with Gasteiger partial charge in [0.2, 0.25) is 0 Å². The van der Waals surface area contributed by atoms with Gasteiger partial charge in [0, 0.05) is 23.1 Å². The van der Waals surface area contributed by atoms with Crippen LogP contribution >= 0.6 is 27.5 Å². The maximum atomic E-state index is 6.05. The first-order valence-corrected chi connectivity index (χ1v) is 5.91. The Morgan fingerprint density at radius 2 is 2.31 bits per heavy atom. The van der Waals surface area contributed by atoms with Crippen LogP contribution < -0.4 is 5.32 Å². The first kappa shape index (κ1) is 11.4. The Morgan fingerprint density at radius 1 is 1.50 bits per heavy atom. The average molecular weight is 302 g/mol. The normalized spacial score (nSPS) is 12.4. The summed E-state index contributed by atoms with van der Waals surface area (Å²) < 4.78 is 0.855. The molecule has 2 aromatic rings. The maximum Gasteiger partial charge on any atom is 0.145 e. The van der Waals surface area contributed by atoms with Crippen molar-refractivity contribution in [2.45, 2.75) is 13.0 Å². The van der Waals surface area contributed by atoms with Crippen molar-refractivity contribution in [1.82, 2.24) is 15.0 Å². The highest BCUT2D eigenvalue weighted by atomic mass is 79.9. The predicted octanol–water partition coefficient (Wildman–Crippen LogP) is 3.39. The van der Waals surface area contributed by atoms with E-state index in [1.807, 2.05) is 6.92 Å². The molecule has 1 unspecified atom stereocenters. The number of hydrogen-bond donors (Lipinski definition) is 2. The molecule has 0 aliphatic rings. The van der Waals surface area contributed by atoms with Crippen molar-refractivity contribution in [3.05, 3.63) is 40.0 Å². The van der Waals surface area contributed by atoms with E-state index in [2.05, 4.69) is 36.2 Å². The molecular formula is C10H10BrClN4. The summed E-state index contributed by atoms with van der Waals surface area (Å²) in [6.07, 6.45) is 5.19. The van der Waals surface area contributed by atoms with Crippen LogP contribution in [0.15, 0.2) is 29.1 Å². The molecule has 4 nitrogen and oxygen atoms in total. The van der Waals surface area contributed by atoms with Crippen molar-refractivity contribution in [3.8, 4) is 0 Å². The van der Waals surface area contributed by atoms with Crippen LogP contribution in [0.3, 0.4) is 0 Å². The summed E-state index contributed by atoms with van der Waals surface area (Å²) in [4.78, 5) is 11.4. The first-order valence-electron chi connectivity index (χ1n) is 4.73. The van der Waals surface area contributed by atoms with Gasteiger partial charge in [-0.05, 0) is 28.9 Å². The molecular weight excluding hydrogens is 291 g/mol. The van der Waals surface area contributed by atoms with Crippen molar-refractivity contribution in [2.75, 3.05) is 5.32 Å². The summed E-state index contributed by atoms with van der Waals surface area (Å²) in [6.45, 7) is 1.99. The summed E-state index contributed by atoms with van der Waals surface area (Å²) in [5, 5.41) is 3.76. The Balaban J connectivity index is 2.15. The van der Waals surface area contributed by atoms with Gasteiger partial charge in [-0.25, -0.2) is 9.97 Å². The predicted molar refractivity (Wildman–Crippen MR) is 67.6 cm³/mol.